The molecule has 1 aliphatic carbocycles. The Kier molecular flexibility index (Phi) is 4.85. The van der Waals surface area contributed by atoms with Gasteiger partial charge < -0.3 is 20.6 Å². The molecule has 12 heteroatoms. The van der Waals surface area contributed by atoms with E-state index in [9.17, 15) is 4.79 Å². The Bertz CT molecular complexity index is 1660. The first kappa shape index (κ1) is 22.4. The molecule has 0 spiro atoms. The number of hydrogen-bond donors (Lipinski definition) is 3. The third-order valence-electron chi connectivity index (χ3n) is 8.52. The average Bonchev–Trinajstić information content (AvgIpc) is 3.37. The molecule has 39 heavy (non-hydrogen) atoms. The Morgan fingerprint density at radius 2 is 1.85 bits per heavy atom. The van der Waals surface area contributed by atoms with Crippen LogP contribution in [-0.4, -0.2) is 67.6 Å². The summed E-state index contributed by atoms with van der Waals surface area (Å²) in [6.45, 7) is 0. The monoisotopic (exact) mass is 521 g/mol. The van der Waals surface area contributed by atoms with Crippen LogP contribution in [0.2, 0.25) is 0 Å². The number of hydrogen-bond acceptors (Lipinski definition) is 8. The molecule has 3 aliphatic rings. The minimum absolute atomic E-state index is 0.0626. The van der Waals surface area contributed by atoms with Crippen molar-refractivity contribution in [3.05, 3.63) is 60.3 Å². The van der Waals surface area contributed by atoms with Gasteiger partial charge in [0.1, 0.15) is 17.8 Å². The zero-order valence-corrected chi connectivity index (χ0v) is 21.2. The average molecular weight is 522 g/mol. The number of pyridine rings is 1. The van der Waals surface area contributed by atoms with E-state index in [1.807, 2.05) is 29.4 Å². The van der Waals surface area contributed by atoms with Crippen LogP contribution in [0.25, 0.3) is 28.3 Å². The molecule has 0 aromatic carbocycles. The normalized spacial score (nSPS) is 22.6. The quantitative estimate of drug-likeness (QED) is 0.318. The first-order valence-electron chi connectivity index (χ1n) is 13.5. The maximum Gasteiger partial charge on any atom is 0.292 e. The molecule has 5 aromatic rings. The van der Waals surface area contributed by atoms with Crippen LogP contribution in [0.15, 0.2) is 43.2 Å². The van der Waals surface area contributed by atoms with E-state index >= 15 is 0 Å². The van der Waals surface area contributed by atoms with Crippen molar-refractivity contribution in [1.29, 1.82) is 0 Å². The van der Waals surface area contributed by atoms with Gasteiger partial charge in [0.25, 0.3) is 5.91 Å². The first-order valence-corrected chi connectivity index (χ1v) is 13.5. The highest BCUT2D eigenvalue weighted by Gasteiger charge is 2.46. The fourth-order valence-corrected chi connectivity index (χ4v) is 6.61. The molecule has 2 bridgehead atoms. The van der Waals surface area contributed by atoms with Gasteiger partial charge in [0, 0.05) is 53.3 Å². The number of aromatic amines is 2. The van der Waals surface area contributed by atoms with Gasteiger partial charge in [-0.05, 0) is 50.5 Å². The summed E-state index contributed by atoms with van der Waals surface area (Å²) in [6, 6.07) is 4.27. The molecule has 12 nitrogen and oxygen atoms in total. The van der Waals surface area contributed by atoms with Crippen molar-refractivity contribution in [2.24, 2.45) is 0 Å². The minimum atomic E-state index is -0.0626. The highest BCUT2D eigenvalue weighted by molar-refractivity contribution is 5.91. The van der Waals surface area contributed by atoms with E-state index in [0.29, 0.717) is 17.6 Å². The summed E-state index contributed by atoms with van der Waals surface area (Å²) in [5.41, 5.74) is 12.4. The van der Waals surface area contributed by atoms with Crippen LogP contribution < -0.4 is 5.73 Å². The molecule has 2 aliphatic heterocycles. The van der Waals surface area contributed by atoms with Crippen LogP contribution in [0.4, 0.5) is 5.82 Å². The van der Waals surface area contributed by atoms with E-state index in [2.05, 4.69) is 35.2 Å². The lowest BCUT2D eigenvalue weighted by molar-refractivity contribution is 0.0557. The second-order valence-electron chi connectivity index (χ2n) is 10.8. The minimum Gasteiger partial charge on any atom is -0.383 e. The summed E-state index contributed by atoms with van der Waals surface area (Å²) < 4.78 is 1.78. The van der Waals surface area contributed by atoms with Gasteiger partial charge in [-0.15, -0.1) is 10.2 Å². The third-order valence-corrected chi connectivity index (χ3v) is 8.52. The predicted molar refractivity (Wildman–Crippen MR) is 142 cm³/mol. The molecule has 8 rings (SSSR count). The van der Waals surface area contributed by atoms with Gasteiger partial charge in [0.05, 0.1) is 11.9 Å². The van der Waals surface area contributed by atoms with Crippen LogP contribution in [0.3, 0.4) is 0 Å². The third kappa shape index (κ3) is 3.54. The SMILES string of the molecule is Nc1c(C2CC2)c([C@@H]2C[C@H]3CC[C@@H](C2)N3C(=O)c2nnc[nH]2)nc2c(-c3ccc(-c4ncc[nH]4)nc3)cnn12. The maximum atomic E-state index is 13.2. The number of anilines is 1. The lowest BCUT2D eigenvalue weighted by Gasteiger charge is -2.39. The summed E-state index contributed by atoms with van der Waals surface area (Å²) in [5, 5.41) is 12.4. The molecule has 4 N–H and O–H groups in total. The van der Waals surface area contributed by atoms with Crippen molar-refractivity contribution in [3.63, 3.8) is 0 Å². The number of nitrogens with zero attached hydrogens (tertiary/aromatic N) is 8. The van der Waals surface area contributed by atoms with Crippen molar-refractivity contribution in [3.8, 4) is 22.6 Å². The van der Waals surface area contributed by atoms with Crippen LogP contribution >= 0.6 is 0 Å². The first-order chi connectivity index (χ1) is 19.2. The molecular weight excluding hydrogens is 494 g/mol. The number of aromatic nitrogens is 9. The largest absolute Gasteiger partial charge is 0.383 e. The fraction of sp³-hybridized carbons (Fsp3) is 0.370. The summed E-state index contributed by atoms with van der Waals surface area (Å²) in [5.74, 6) is 2.30. The molecule has 7 heterocycles. The van der Waals surface area contributed by atoms with Crippen molar-refractivity contribution in [1.82, 2.24) is 49.6 Å². The van der Waals surface area contributed by atoms with Crippen LogP contribution in [0.1, 0.15) is 72.2 Å². The Labute approximate surface area is 223 Å². The molecule has 5 aromatic heterocycles. The number of carbonyl (C=O) groups excluding carboxylic acids is 1. The Morgan fingerprint density at radius 3 is 2.51 bits per heavy atom. The van der Waals surface area contributed by atoms with Crippen LogP contribution in [-0.2, 0) is 0 Å². The highest BCUT2D eigenvalue weighted by atomic mass is 16.2. The Morgan fingerprint density at radius 1 is 1.00 bits per heavy atom. The number of nitrogen functional groups attached to an aromatic ring is 1. The molecule has 196 valence electrons. The number of imidazole rings is 1. The Balaban J connectivity index is 1.17. The zero-order chi connectivity index (χ0) is 26.1. The highest BCUT2D eigenvalue weighted by Crippen LogP contribution is 2.50. The van der Waals surface area contributed by atoms with E-state index in [0.717, 1.165) is 78.1 Å². The number of H-pyrrole nitrogens is 2. The summed E-state index contributed by atoms with van der Waals surface area (Å²) in [4.78, 5) is 35.3. The van der Waals surface area contributed by atoms with E-state index in [1.54, 1.807) is 16.9 Å². The predicted octanol–water partition coefficient (Wildman–Crippen LogP) is 3.31. The summed E-state index contributed by atoms with van der Waals surface area (Å²) in [6.07, 6.45) is 14.5. The lowest BCUT2D eigenvalue weighted by atomic mass is 9.85. The molecule has 0 radical (unpaired) electrons. The second kappa shape index (κ2) is 8.45. The maximum absolute atomic E-state index is 13.2. The van der Waals surface area contributed by atoms with E-state index < -0.39 is 0 Å². The van der Waals surface area contributed by atoms with Gasteiger partial charge in [-0.25, -0.2) is 9.97 Å². The van der Waals surface area contributed by atoms with Crippen LogP contribution in [0, 0.1) is 0 Å². The van der Waals surface area contributed by atoms with Crippen molar-refractivity contribution in [2.75, 3.05) is 5.73 Å². The molecule has 2 saturated heterocycles. The molecule has 3 atom stereocenters. The van der Waals surface area contributed by atoms with Crippen molar-refractivity contribution < 1.29 is 4.79 Å². The summed E-state index contributed by atoms with van der Waals surface area (Å²) in [7, 11) is 0. The molecule has 1 saturated carbocycles. The number of fused-ring (bicyclic) bond motifs is 3. The van der Waals surface area contributed by atoms with E-state index in [4.69, 9.17) is 10.7 Å². The van der Waals surface area contributed by atoms with Gasteiger partial charge in [0.15, 0.2) is 11.5 Å². The standard InChI is InChI=1S/C27H27N11O/c28-23-21(14-1-2-14)22(16-9-17-4-5-18(10-16)37(17)27(39)25-32-13-33-36-25)35-26-19(12-34-38(23)26)15-3-6-20(31-11-15)24-29-7-8-30-24/h3,6-8,11-14,16-18H,1-2,4-5,9-10,28H2,(H,29,30)(H,32,33,36)/t16-,17-,18+. The van der Waals surface area contributed by atoms with E-state index in [-0.39, 0.29) is 23.9 Å². The number of rotatable bonds is 5. The van der Waals surface area contributed by atoms with E-state index in [1.165, 1.54) is 6.33 Å². The van der Waals surface area contributed by atoms with Crippen LogP contribution in [0.5, 0.6) is 0 Å². The fourth-order valence-electron chi connectivity index (χ4n) is 6.61. The number of nitrogens with two attached hydrogens (primary N) is 1. The van der Waals surface area contributed by atoms with Gasteiger partial charge in [-0.2, -0.15) is 9.61 Å². The number of nitrogens with one attached hydrogen (secondary N) is 2. The van der Waals surface area contributed by atoms with Gasteiger partial charge in [-0.3, -0.25) is 9.78 Å². The zero-order valence-electron chi connectivity index (χ0n) is 21.2. The molecule has 3 fully saturated rings. The number of amides is 1. The van der Waals surface area contributed by atoms with Crippen molar-refractivity contribution >= 4 is 17.4 Å². The number of carbonyl (C=O) groups is 1. The summed E-state index contributed by atoms with van der Waals surface area (Å²) >= 11 is 0. The molecule has 1 amide bonds. The smallest absolute Gasteiger partial charge is 0.292 e. The van der Waals surface area contributed by atoms with Gasteiger partial charge in [-0.1, -0.05) is 6.07 Å². The van der Waals surface area contributed by atoms with Gasteiger partial charge in [0.2, 0.25) is 5.82 Å². The van der Waals surface area contributed by atoms with Crippen molar-refractivity contribution in [2.45, 2.75) is 62.4 Å². The lowest BCUT2D eigenvalue weighted by Crippen LogP contribution is -2.46. The molecule has 0 unspecified atom stereocenters. The molecular formula is C27H27N11O. The second-order valence-corrected chi connectivity index (χ2v) is 10.8. The topological polar surface area (TPSA) is 160 Å². The Hall–Kier alpha value is -4.61. The number of piperidine rings is 1. The van der Waals surface area contributed by atoms with Gasteiger partial charge >= 0.3 is 0 Å².